The quantitative estimate of drug-likeness (QED) is 0.455. The summed E-state index contributed by atoms with van der Waals surface area (Å²) in [7, 11) is 1.45. The number of rotatable bonds is 7. The van der Waals surface area contributed by atoms with Crippen LogP contribution in [0.2, 0.25) is 0 Å². The highest BCUT2D eigenvalue weighted by atomic mass is 19.2. The minimum atomic E-state index is -1.58. The smallest absolute Gasteiger partial charge is 0.194 e. The number of methoxy groups -OCH3 is 1. The van der Waals surface area contributed by atoms with Gasteiger partial charge in [0.05, 0.1) is 24.6 Å². The van der Waals surface area contributed by atoms with E-state index < -0.39 is 54.5 Å². The number of ether oxygens (including phenoxy) is 2. The number of halogens is 3. The van der Waals surface area contributed by atoms with Crippen LogP contribution in [0.15, 0.2) is 28.9 Å². The summed E-state index contributed by atoms with van der Waals surface area (Å²) < 4.78 is 59.6. The van der Waals surface area contributed by atoms with E-state index in [0.29, 0.717) is 5.69 Å². The Morgan fingerprint density at radius 3 is 2.49 bits per heavy atom. The Bertz CT molecular complexity index is 1220. The minimum absolute atomic E-state index is 0.0241. The normalized spacial score (nSPS) is 27.6. The number of nitrogens with zero attached hydrogens (tertiary/aromatic N) is 4. The van der Waals surface area contributed by atoms with Crippen LogP contribution in [0.1, 0.15) is 50.1 Å². The van der Waals surface area contributed by atoms with Gasteiger partial charge in [0.1, 0.15) is 35.8 Å². The summed E-state index contributed by atoms with van der Waals surface area (Å²) in [4.78, 5) is 0. The van der Waals surface area contributed by atoms with E-state index in [4.69, 9.17) is 14.0 Å². The van der Waals surface area contributed by atoms with Crippen molar-refractivity contribution in [2.45, 2.75) is 74.9 Å². The molecule has 0 amide bonds. The van der Waals surface area contributed by atoms with Gasteiger partial charge in [0, 0.05) is 30.6 Å². The summed E-state index contributed by atoms with van der Waals surface area (Å²) in [5, 5.41) is 33.1. The Balaban J connectivity index is 1.42. The highest BCUT2D eigenvalue weighted by molar-refractivity contribution is 5.57. The molecule has 37 heavy (non-hydrogen) atoms. The van der Waals surface area contributed by atoms with Gasteiger partial charge >= 0.3 is 0 Å². The fourth-order valence-electron chi connectivity index (χ4n) is 5.49. The topological polar surface area (TPSA) is 116 Å². The molecule has 2 aromatic heterocycles. The number of aromatic nitrogens is 4. The van der Waals surface area contributed by atoms with Gasteiger partial charge in [-0.3, -0.25) is 0 Å². The molecule has 3 heterocycles. The molecule has 0 bridgehead atoms. The van der Waals surface area contributed by atoms with E-state index in [9.17, 15) is 23.4 Å². The first kappa shape index (κ1) is 25.8. The number of aliphatic hydroxyl groups is 2. The maximum atomic E-state index is 13.8. The third-order valence-corrected chi connectivity index (χ3v) is 7.60. The summed E-state index contributed by atoms with van der Waals surface area (Å²) in [5.41, 5.74) is 0.638. The second kappa shape index (κ2) is 10.2. The molecule has 12 heteroatoms. The highest BCUT2D eigenvalue weighted by Crippen LogP contribution is 2.41. The lowest BCUT2D eigenvalue weighted by molar-refractivity contribution is -0.212. The Kier molecular flexibility index (Phi) is 7.10. The van der Waals surface area contributed by atoms with E-state index in [-0.39, 0.29) is 23.1 Å². The fourth-order valence-corrected chi connectivity index (χ4v) is 5.49. The van der Waals surface area contributed by atoms with Gasteiger partial charge in [0.15, 0.2) is 17.5 Å². The zero-order valence-electron chi connectivity index (χ0n) is 20.5. The van der Waals surface area contributed by atoms with Crippen molar-refractivity contribution in [3.8, 4) is 11.3 Å². The minimum Gasteiger partial charge on any atom is -0.394 e. The summed E-state index contributed by atoms with van der Waals surface area (Å²) >= 11 is 0. The molecule has 3 aromatic rings. The standard InChI is InChI=1S/C25H29F3N4O5/c1-25(5-3-4-6-25)20-10-14(30-37-20)9-18-24(35-2)22(23(34)19(12-33)36-18)32-11-17(29-31-32)13-7-15(26)21(28)16(27)8-13/h7-8,10-11,18-19,22-24,33-34H,3-6,9,12H2,1-2H3/t18-,19-,22+,23+,24+/m1/s1. The van der Waals surface area contributed by atoms with Crippen molar-refractivity contribution < 1.29 is 37.4 Å². The molecule has 1 saturated carbocycles. The second-order valence-corrected chi connectivity index (χ2v) is 10.1. The van der Waals surface area contributed by atoms with Crippen molar-refractivity contribution in [1.82, 2.24) is 20.2 Å². The molecule has 1 saturated heterocycles. The molecule has 1 aromatic carbocycles. The molecule has 5 atom stereocenters. The van der Waals surface area contributed by atoms with Gasteiger partial charge in [0.25, 0.3) is 0 Å². The zero-order chi connectivity index (χ0) is 26.3. The van der Waals surface area contributed by atoms with E-state index in [2.05, 4.69) is 22.4 Å². The fraction of sp³-hybridized carbons (Fsp3) is 0.560. The second-order valence-electron chi connectivity index (χ2n) is 10.1. The van der Waals surface area contributed by atoms with Crippen molar-refractivity contribution in [1.29, 1.82) is 0 Å². The maximum Gasteiger partial charge on any atom is 0.194 e. The van der Waals surface area contributed by atoms with Crippen molar-refractivity contribution >= 4 is 0 Å². The molecule has 9 nitrogen and oxygen atoms in total. The van der Waals surface area contributed by atoms with E-state index >= 15 is 0 Å². The molecule has 5 rings (SSSR count). The van der Waals surface area contributed by atoms with E-state index in [0.717, 1.165) is 43.6 Å². The van der Waals surface area contributed by atoms with Crippen LogP contribution in [0.25, 0.3) is 11.3 Å². The maximum absolute atomic E-state index is 13.8. The Morgan fingerprint density at radius 1 is 1.14 bits per heavy atom. The van der Waals surface area contributed by atoms with Crippen molar-refractivity contribution in [3.05, 3.63) is 53.3 Å². The molecule has 1 aliphatic heterocycles. The third kappa shape index (κ3) is 4.78. The van der Waals surface area contributed by atoms with Crippen LogP contribution in [0.3, 0.4) is 0 Å². The van der Waals surface area contributed by atoms with Crippen LogP contribution in [-0.4, -0.2) is 68.5 Å². The van der Waals surface area contributed by atoms with Gasteiger partial charge in [0.2, 0.25) is 0 Å². The molecule has 2 fully saturated rings. The number of benzene rings is 1. The molecule has 0 unspecified atom stereocenters. The van der Waals surface area contributed by atoms with Crippen molar-refractivity contribution in [2.24, 2.45) is 0 Å². The molecule has 0 radical (unpaired) electrons. The molecule has 2 N–H and O–H groups in total. The van der Waals surface area contributed by atoms with Gasteiger partial charge in [-0.2, -0.15) is 0 Å². The average molecular weight is 523 g/mol. The van der Waals surface area contributed by atoms with Gasteiger partial charge < -0.3 is 24.2 Å². The van der Waals surface area contributed by atoms with Crippen LogP contribution < -0.4 is 0 Å². The predicted octanol–water partition coefficient (Wildman–Crippen LogP) is 3.10. The molecule has 200 valence electrons. The largest absolute Gasteiger partial charge is 0.394 e. The van der Waals surface area contributed by atoms with Crippen LogP contribution >= 0.6 is 0 Å². The van der Waals surface area contributed by atoms with E-state index in [1.807, 2.05) is 6.07 Å². The zero-order valence-corrected chi connectivity index (χ0v) is 20.5. The van der Waals surface area contributed by atoms with Gasteiger partial charge in [-0.15, -0.1) is 5.10 Å². The van der Waals surface area contributed by atoms with E-state index in [1.165, 1.54) is 18.0 Å². The monoisotopic (exact) mass is 522 g/mol. The van der Waals surface area contributed by atoms with E-state index in [1.54, 1.807) is 0 Å². The number of hydrogen-bond acceptors (Lipinski definition) is 8. The molecule has 1 aliphatic carbocycles. The molecule has 0 spiro atoms. The Hall–Kier alpha value is -2.80. The van der Waals surface area contributed by atoms with Gasteiger partial charge in [-0.25, -0.2) is 17.9 Å². The number of aliphatic hydroxyl groups excluding tert-OH is 2. The third-order valence-electron chi connectivity index (χ3n) is 7.60. The first-order valence-electron chi connectivity index (χ1n) is 12.2. The van der Waals surface area contributed by atoms with Gasteiger partial charge in [-0.05, 0) is 25.0 Å². The first-order chi connectivity index (χ1) is 17.7. The Labute approximate surface area is 211 Å². The highest BCUT2D eigenvalue weighted by Gasteiger charge is 2.47. The molecule has 2 aliphatic rings. The van der Waals surface area contributed by atoms with Crippen LogP contribution in [0.5, 0.6) is 0 Å². The lowest BCUT2D eigenvalue weighted by Crippen LogP contribution is -2.57. The van der Waals surface area contributed by atoms with Crippen molar-refractivity contribution in [3.63, 3.8) is 0 Å². The molecular formula is C25H29F3N4O5. The number of hydrogen-bond donors (Lipinski definition) is 2. The summed E-state index contributed by atoms with van der Waals surface area (Å²) in [6, 6.07) is 2.68. The van der Waals surface area contributed by atoms with Crippen LogP contribution in [-0.2, 0) is 21.3 Å². The lowest BCUT2D eigenvalue weighted by Gasteiger charge is -2.43. The SMILES string of the molecule is CO[C@@H]1[C@@H](n2cc(-c3cc(F)c(F)c(F)c3)nn2)[C@@H](O)[C@@H](CO)O[C@@H]1Cc1cc(C2(C)CCCC2)on1. The lowest BCUT2D eigenvalue weighted by atomic mass is 9.85. The summed E-state index contributed by atoms with van der Waals surface area (Å²) in [5.74, 6) is -3.48. The van der Waals surface area contributed by atoms with Gasteiger partial charge in [-0.1, -0.05) is 30.1 Å². The predicted molar refractivity (Wildman–Crippen MR) is 123 cm³/mol. The summed E-state index contributed by atoms with van der Waals surface area (Å²) in [6.07, 6.45) is 2.39. The van der Waals surface area contributed by atoms with Crippen LogP contribution in [0.4, 0.5) is 13.2 Å². The Morgan fingerprint density at radius 2 is 1.84 bits per heavy atom. The summed E-state index contributed by atoms with van der Waals surface area (Å²) in [6.45, 7) is 1.69. The van der Waals surface area contributed by atoms with Crippen LogP contribution in [0, 0.1) is 17.5 Å². The molecular weight excluding hydrogens is 493 g/mol. The average Bonchev–Trinajstić information content (AvgIpc) is 3.64. The first-order valence-corrected chi connectivity index (χ1v) is 12.2. The van der Waals surface area contributed by atoms with Crippen molar-refractivity contribution in [2.75, 3.05) is 13.7 Å².